The molecule has 14 heavy (non-hydrogen) atoms. The summed E-state index contributed by atoms with van der Waals surface area (Å²) >= 11 is 2.22. The standard InChI is InChI=1S/C9H6INO3/c10-7-3-1-6(2-4-7)5-8-11-14-9(12)13-8/h1-4H,5H2. The first-order valence-electron chi connectivity index (χ1n) is 3.94. The second kappa shape index (κ2) is 3.95. The number of aromatic nitrogens is 1. The van der Waals surface area contributed by atoms with Crippen molar-refractivity contribution in [3.05, 3.63) is 49.9 Å². The smallest absolute Gasteiger partial charge is 0.375 e. The maximum atomic E-state index is 10.5. The largest absolute Gasteiger partial charge is 0.542 e. The molecule has 4 nitrogen and oxygen atoms in total. The van der Waals surface area contributed by atoms with Gasteiger partial charge >= 0.3 is 5.82 Å². The summed E-state index contributed by atoms with van der Waals surface area (Å²) in [6, 6.07) is 7.87. The summed E-state index contributed by atoms with van der Waals surface area (Å²) in [4.78, 5) is 10.5. The molecule has 0 aliphatic rings. The molecule has 2 aromatic rings. The Bertz CT molecular complexity index is 471. The van der Waals surface area contributed by atoms with Crippen LogP contribution in [0.25, 0.3) is 0 Å². The van der Waals surface area contributed by atoms with Crippen LogP contribution in [-0.4, -0.2) is 5.16 Å². The van der Waals surface area contributed by atoms with Crippen LogP contribution >= 0.6 is 22.6 Å². The Labute approximate surface area is 93.0 Å². The molecule has 0 radical (unpaired) electrons. The van der Waals surface area contributed by atoms with Crippen molar-refractivity contribution in [2.24, 2.45) is 0 Å². The van der Waals surface area contributed by atoms with Crippen molar-refractivity contribution in [1.29, 1.82) is 0 Å². The molecule has 5 heteroatoms. The molecular weight excluding hydrogens is 297 g/mol. The third kappa shape index (κ3) is 2.22. The number of halogens is 1. The summed E-state index contributed by atoms with van der Waals surface area (Å²) in [5, 5.41) is 3.48. The molecule has 0 spiro atoms. The van der Waals surface area contributed by atoms with Crippen molar-refractivity contribution in [2.75, 3.05) is 0 Å². The lowest BCUT2D eigenvalue weighted by atomic mass is 10.2. The monoisotopic (exact) mass is 303 g/mol. The molecule has 0 aliphatic carbocycles. The van der Waals surface area contributed by atoms with E-state index in [0.29, 0.717) is 12.3 Å². The minimum Gasteiger partial charge on any atom is -0.375 e. The quantitative estimate of drug-likeness (QED) is 0.794. The number of nitrogens with zero attached hydrogens (tertiary/aromatic N) is 1. The average molecular weight is 303 g/mol. The fraction of sp³-hybridized carbons (Fsp3) is 0.111. The molecule has 0 fully saturated rings. The van der Waals surface area contributed by atoms with Crippen LogP contribution in [0.1, 0.15) is 11.5 Å². The van der Waals surface area contributed by atoms with Gasteiger partial charge in [0.05, 0.1) is 6.42 Å². The van der Waals surface area contributed by atoms with E-state index in [2.05, 4.69) is 36.7 Å². The van der Waals surface area contributed by atoms with E-state index in [1.54, 1.807) is 0 Å². The van der Waals surface area contributed by atoms with Gasteiger partial charge in [-0.25, -0.2) is 4.79 Å². The zero-order chi connectivity index (χ0) is 9.97. The first-order valence-corrected chi connectivity index (χ1v) is 5.02. The fourth-order valence-corrected chi connectivity index (χ4v) is 1.43. The Balaban J connectivity index is 2.19. The van der Waals surface area contributed by atoms with Crippen LogP contribution in [0, 0.1) is 3.57 Å². The highest BCUT2D eigenvalue weighted by Crippen LogP contribution is 2.09. The maximum Gasteiger partial charge on any atom is 0.542 e. The second-order valence-corrected chi connectivity index (χ2v) is 3.98. The first kappa shape index (κ1) is 9.45. The lowest BCUT2D eigenvalue weighted by molar-refractivity contribution is 0.334. The van der Waals surface area contributed by atoms with Gasteiger partial charge in [-0.15, -0.1) is 0 Å². The third-order valence-corrected chi connectivity index (χ3v) is 2.41. The molecule has 0 saturated carbocycles. The lowest BCUT2D eigenvalue weighted by Gasteiger charge is -1.95. The van der Waals surface area contributed by atoms with Gasteiger partial charge in [0.25, 0.3) is 0 Å². The highest BCUT2D eigenvalue weighted by atomic mass is 127. The molecule has 72 valence electrons. The average Bonchev–Trinajstić information content (AvgIpc) is 2.56. The summed E-state index contributed by atoms with van der Waals surface area (Å²) in [5.74, 6) is -0.457. The Morgan fingerprint density at radius 3 is 2.57 bits per heavy atom. The lowest BCUT2D eigenvalue weighted by Crippen LogP contribution is -1.89. The number of rotatable bonds is 2. The first-order chi connectivity index (χ1) is 6.74. The summed E-state index contributed by atoms with van der Waals surface area (Å²) in [7, 11) is 0. The predicted molar refractivity (Wildman–Crippen MR) is 57.0 cm³/mol. The highest BCUT2D eigenvalue weighted by molar-refractivity contribution is 14.1. The van der Waals surface area contributed by atoms with Gasteiger partial charge in [-0.05, 0) is 45.4 Å². The molecule has 2 rings (SSSR count). The van der Waals surface area contributed by atoms with Crippen LogP contribution in [0.2, 0.25) is 0 Å². The van der Waals surface area contributed by atoms with E-state index in [-0.39, 0.29) is 0 Å². The second-order valence-electron chi connectivity index (χ2n) is 2.73. The Kier molecular flexibility index (Phi) is 2.67. The molecule has 0 aliphatic heterocycles. The normalized spacial score (nSPS) is 10.4. The molecule has 0 atom stereocenters. The van der Waals surface area contributed by atoms with Gasteiger partial charge in [0.2, 0.25) is 5.89 Å². The van der Waals surface area contributed by atoms with Crippen LogP contribution in [0.5, 0.6) is 0 Å². The van der Waals surface area contributed by atoms with Crippen molar-refractivity contribution >= 4 is 22.6 Å². The van der Waals surface area contributed by atoms with Crippen LogP contribution < -0.4 is 5.82 Å². The van der Waals surface area contributed by atoms with Gasteiger partial charge in [-0.1, -0.05) is 12.1 Å². The highest BCUT2D eigenvalue weighted by Gasteiger charge is 2.04. The van der Waals surface area contributed by atoms with Gasteiger partial charge < -0.3 is 4.42 Å². The van der Waals surface area contributed by atoms with E-state index in [4.69, 9.17) is 0 Å². The van der Waals surface area contributed by atoms with Crippen LogP contribution in [0.15, 0.2) is 38.0 Å². The van der Waals surface area contributed by atoms with E-state index in [9.17, 15) is 4.79 Å². The Morgan fingerprint density at radius 1 is 1.29 bits per heavy atom. The Morgan fingerprint density at radius 2 is 2.00 bits per heavy atom. The van der Waals surface area contributed by atoms with E-state index in [1.165, 1.54) is 0 Å². The molecule has 1 aromatic heterocycles. The minimum absolute atomic E-state index is 0.302. The molecule has 1 aromatic carbocycles. The van der Waals surface area contributed by atoms with Crippen molar-refractivity contribution < 1.29 is 8.94 Å². The van der Waals surface area contributed by atoms with Gasteiger partial charge in [-0.3, -0.25) is 4.52 Å². The molecule has 0 unspecified atom stereocenters. The molecule has 0 N–H and O–H groups in total. The summed E-state index contributed by atoms with van der Waals surface area (Å²) in [6.07, 6.45) is 0.475. The zero-order valence-electron chi connectivity index (χ0n) is 7.07. The summed E-state index contributed by atoms with van der Waals surface area (Å²) in [6.45, 7) is 0. The molecular formula is C9H6INO3. The van der Waals surface area contributed by atoms with Crippen molar-refractivity contribution in [1.82, 2.24) is 5.16 Å². The SMILES string of the molecule is O=c1onc(Cc2ccc(I)cc2)o1. The van der Waals surface area contributed by atoms with Crippen LogP contribution in [-0.2, 0) is 6.42 Å². The number of hydrogen-bond acceptors (Lipinski definition) is 4. The maximum absolute atomic E-state index is 10.5. The number of hydrogen-bond donors (Lipinski definition) is 0. The minimum atomic E-state index is -0.759. The van der Waals surface area contributed by atoms with E-state index in [1.807, 2.05) is 24.3 Å². The van der Waals surface area contributed by atoms with E-state index in [0.717, 1.165) is 9.13 Å². The van der Waals surface area contributed by atoms with Crippen LogP contribution in [0.4, 0.5) is 0 Å². The third-order valence-electron chi connectivity index (χ3n) is 1.69. The van der Waals surface area contributed by atoms with E-state index >= 15 is 0 Å². The van der Waals surface area contributed by atoms with Crippen molar-refractivity contribution in [3.8, 4) is 0 Å². The van der Waals surface area contributed by atoms with Crippen molar-refractivity contribution in [3.63, 3.8) is 0 Å². The molecule has 1 heterocycles. The van der Waals surface area contributed by atoms with Gasteiger partial charge in [-0.2, -0.15) is 0 Å². The van der Waals surface area contributed by atoms with Crippen molar-refractivity contribution in [2.45, 2.75) is 6.42 Å². The topological polar surface area (TPSA) is 56.2 Å². The number of benzene rings is 1. The Hall–Kier alpha value is -1.11. The van der Waals surface area contributed by atoms with Gasteiger partial charge in [0.1, 0.15) is 0 Å². The summed E-state index contributed by atoms with van der Waals surface area (Å²) < 4.78 is 10.1. The molecule has 0 bridgehead atoms. The van der Waals surface area contributed by atoms with E-state index < -0.39 is 5.82 Å². The van der Waals surface area contributed by atoms with Crippen LogP contribution in [0.3, 0.4) is 0 Å². The van der Waals surface area contributed by atoms with Gasteiger partial charge in [0, 0.05) is 3.57 Å². The fourth-order valence-electron chi connectivity index (χ4n) is 1.07. The van der Waals surface area contributed by atoms with Gasteiger partial charge in [0.15, 0.2) is 0 Å². The predicted octanol–water partition coefficient (Wildman–Crippen LogP) is 1.82. The zero-order valence-corrected chi connectivity index (χ0v) is 9.22. The molecule has 0 saturated heterocycles. The summed E-state index contributed by atoms with van der Waals surface area (Å²) in [5.41, 5.74) is 1.03. The molecule has 0 amide bonds.